The van der Waals surface area contributed by atoms with E-state index in [1.165, 1.54) is 23.1 Å². The first-order valence-electron chi connectivity index (χ1n) is 11.6. The molecular formula is C25H31Cl2N3O5S. The Balaban J connectivity index is 1.92. The van der Waals surface area contributed by atoms with Crippen LogP contribution in [0.15, 0.2) is 42.5 Å². The summed E-state index contributed by atoms with van der Waals surface area (Å²) in [6.07, 6.45) is 4.89. The highest BCUT2D eigenvalue weighted by Crippen LogP contribution is 2.31. The van der Waals surface area contributed by atoms with Crippen LogP contribution >= 0.6 is 23.2 Å². The van der Waals surface area contributed by atoms with E-state index in [2.05, 4.69) is 5.32 Å². The predicted molar refractivity (Wildman–Crippen MR) is 142 cm³/mol. The number of hydrogen-bond donors (Lipinski definition) is 1. The number of ether oxygens (including phenoxy) is 1. The van der Waals surface area contributed by atoms with Crippen molar-refractivity contribution >= 4 is 50.7 Å². The summed E-state index contributed by atoms with van der Waals surface area (Å²) in [7, 11) is -2.37. The zero-order valence-corrected chi connectivity index (χ0v) is 22.9. The van der Waals surface area contributed by atoms with Gasteiger partial charge in [0.1, 0.15) is 18.3 Å². The fourth-order valence-electron chi connectivity index (χ4n) is 4.21. The number of sulfonamides is 1. The van der Waals surface area contributed by atoms with Gasteiger partial charge in [0.2, 0.25) is 21.8 Å². The monoisotopic (exact) mass is 555 g/mol. The highest BCUT2D eigenvalue weighted by molar-refractivity contribution is 7.92. The largest absolute Gasteiger partial charge is 0.497 e. The van der Waals surface area contributed by atoms with E-state index >= 15 is 0 Å². The molecule has 0 unspecified atom stereocenters. The van der Waals surface area contributed by atoms with Crippen molar-refractivity contribution in [2.45, 2.75) is 51.2 Å². The number of nitrogens with one attached hydrogen (secondary N) is 1. The minimum absolute atomic E-state index is 0.0755. The van der Waals surface area contributed by atoms with Crippen molar-refractivity contribution in [3.63, 3.8) is 0 Å². The van der Waals surface area contributed by atoms with Crippen LogP contribution in [0.5, 0.6) is 5.75 Å². The molecule has 2 amide bonds. The first-order valence-corrected chi connectivity index (χ1v) is 14.3. The second-order valence-electron chi connectivity index (χ2n) is 8.90. The molecule has 0 aliphatic heterocycles. The minimum atomic E-state index is -3.91. The van der Waals surface area contributed by atoms with Crippen LogP contribution in [0.25, 0.3) is 0 Å². The molecule has 1 aliphatic carbocycles. The quantitative estimate of drug-likeness (QED) is 0.472. The molecule has 8 nitrogen and oxygen atoms in total. The van der Waals surface area contributed by atoms with Gasteiger partial charge in [0.25, 0.3) is 0 Å². The van der Waals surface area contributed by atoms with Crippen LogP contribution in [0.3, 0.4) is 0 Å². The van der Waals surface area contributed by atoms with E-state index in [1.54, 1.807) is 32.2 Å². The molecule has 0 saturated heterocycles. The summed E-state index contributed by atoms with van der Waals surface area (Å²) in [5, 5.41) is 3.43. The van der Waals surface area contributed by atoms with Gasteiger partial charge in [-0.05, 0) is 55.7 Å². The molecule has 1 atom stereocenters. The molecule has 11 heteroatoms. The first-order chi connectivity index (χ1) is 17.0. The van der Waals surface area contributed by atoms with Crippen molar-refractivity contribution in [1.82, 2.24) is 10.2 Å². The second kappa shape index (κ2) is 12.2. The van der Waals surface area contributed by atoms with Gasteiger partial charge in [0.15, 0.2) is 0 Å². The number of nitrogens with zero attached hydrogens (tertiary/aromatic N) is 2. The van der Waals surface area contributed by atoms with Crippen LogP contribution in [0.4, 0.5) is 5.69 Å². The second-order valence-corrected chi connectivity index (χ2v) is 11.7. The Morgan fingerprint density at radius 2 is 1.83 bits per heavy atom. The van der Waals surface area contributed by atoms with Gasteiger partial charge >= 0.3 is 0 Å². The summed E-state index contributed by atoms with van der Waals surface area (Å²) < 4.78 is 31.6. The molecule has 1 fully saturated rings. The van der Waals surface area contributed by atoms with Crippen molar-refractivity contribution < 1.29 is 22.7 Å². The minimum Gasteiger partial charge on any atom is -0.497 e. The third-order valence-corrected chi connectivity index (χ3v) is 7.89. The lowest BCUT2D eigenvalue weighted by Gasteiger charge is -2.32. The normalized spacial score (nSPS) is 14.8. The van der Waals surface area contributed by atoms with E-state index < -0.39 is 28.5 Å². The van der Waals surface area contributed by atoms with Gasteiger partial charge in [-0.25, -0.2) is 8.42 Å². The van der Waals surface area contributed by atoms with Crippen molar-refractivity contribution in [3.8, 4) is 5.75 Å². The van der Waals surface area contributed by atoms with Crippen LogP contribution < -0.4 is 14.4 Å². The third-order valence-electron chi connectivity index (χ3n) is 6.21. The molecule has 1 saturated carbocycles. The SMILES string of the molecule is COc1cccc(CN(C(=O)CN(c2cc(Cl)ccc2Cl)S(C)(=O)=O)[C@@H](C)C(=O)NC2CCCC2)c1. The Labute approximate surface area is 222 Å². The maximum atomic E-state index is 13.6. The molecule has 0 radical (unpaired) electrons. The fourth-order valence-corrected chi connectivity index (χ4v) is 5.50. The summed E-state index contributed by atoms with van der Waals surface area (Å²) in [6.45, 7) is 1.17. The molecule has 0 aromatic heterocycles. The average molecular weight is 557 g/mol. The smallest absolute Gasteiger partial charge is 0.244 e. The molecule has 2 aromatic rings. The van der Waals surface area contributed by atoms with Crippen molar-refractivity contribution in [3.05, 3.63) is 58.1 Å². The summed E-state index contributed by atoms with van der Waals surface area (Å²) in [4.78, 5) is 28.1. The van der Waals surface area contributed by atoms with Crippen molar-refractivity contribution in [1.29, 1.82) is 0 Å². The molecule has 36 heavy (non-hydrogen) atoms. The molecule has 3 rings (SSSR count). The fraction of sp³-hybridized carbons (Fsp3) is 0.440. The Morgan fingerprint density at radius 3 is 2.47 bits per heavy atom. The molecule has 196 valence electrons. The van der Waals surface area contributed by atoms with Gasteiger partial charge in [-0.1, -0.05) is 48.2 Å². The van der Waals surface area contributed by atoms with Crippen LogP contribution in [-0.4, -0.2) is 57.1 Å². The molecule has 0 heterocycles. The van der Waals surface area contributed by atoms with Gasteiger partial charge in [0.05, 0.1) is 24.1 Å². The van der Waals surface area contributed by atoms with Gasteiger partial charge in [0, 0.05) is 17.6 Å². The van der Waals surface area contributed by atoms with Crippen molar-refractivity contribution in [2.75, 3.05) is 24.2 Å². The van der Waals surface area contributed by atoms with Crippen LogP contribution in [0.1, 0.15) is 38.2 Å². The number of benzene rings is 2. The lowest BCUT2D eigenvalue weighted by molar-refractivity contribution is -0.139. The molecule has 1 N–H and O–H groups in total. The van der Waals surface area contributed by atoms with Crippen LogP contribution in [0.2, 0.25) is 10.0 Å². The Kier molecular flexibility index (Phi) is 9.49. The Morgan fingerprint density at radius 1 is 1.14 bits per heavy atom. The van der Waals surface area contributed by atoms with Crippen molar-refractivity contribution in [2.24, 2.45) is 0 Å². The number of carbonyl (C=O) groups is 2. The molecule has 0 spiro atoms. The number of carbonyl (C=O) groups excluding carboxylic acids is 2. The van der Waals surface area contributed by atoms with Crippen LogP contribution in [0, 0.1) is 0 Å². The maximum Gasteiger partial charge on any atom is 0.244 e. The summed E-state index contributed by atoms with van der Waals surface area (Å²) in [5.74, 6) is -0.246. The lowest BCUT2D eigenvalue weighted by atomic mass is 10.1. The standard InChI is InChI=1S/C25H31Cl2N3O5S/c1-17(25(32)28-20-8-4-5-9-20)29(15-18-7-6-10-21(13-18)35-2)24(31)16-30(36(3,33)34)23-14-19(26)11-12-22(23)27/h6-7,10-14,17,20H,4-5,8-9,15-16H2,1-3H3,(H,28,32)/t17-/m0/s1. The zero-order chi connectivity index (χ0) is 26.5. The number of methoxy groups -OCH3 is 1. The molecule has 2 aromatic carbocycles. The van der Waals surface area contributed by atoms with Gasteiger partial charge in [-0.15, -0.1) is 0 Å². The number of hydrogen-bond acceptors (Lipinski definition) is 5. The van der Waals surface area contributed by atoms with Gasteiger partial charge < -0.3 is 15.0 Å². The highest BCUT2D eigenvalue weighted by Gasteiger charge is 2.32. The van der Waals surface area contributed by atoms with E-state index in [9.17, 15) is 18.0 Å². The summed E-state index contributed by atoms with van der Waals surface area (Å²) in [6, 6.07) is 10.8. The van der Waals surface area contributed by atoms with Crippen LogP contribution in [-0.2, 0) is 26.2 Å². The highest BCUT2D eigenvalue weighted by atomic mass is 35.5. The zero-order valence-electron chi connectivity index (χ0n) is 20.5. The van der Waals surface area contributed by atoms with E-state index in [0.29, 0.717) is 5.75 Å². The van der Waals surface area contributed by atoms with E-state index in [0.717, 1.165) is 41.8 Å². The van der Waals surface area contributed by atoms with Gasteiger partial charge in [-0.3, -0.25) is 13.9 Å². The van der Waals surface area contributed by atoms with Gasteiger partial charge in [-0.2, -0.15) is 0 Å². The molecule has 0 bridgehead atoms. The maximum absolute atomic E-state index is 13.6. The summed E-state index contributed by atoms with van der Waals surface area (Å²) >= 11 is 12.3. The molecule has 1 aliphatic rings. The lowest BCUT2D eigenvalue weighted by Crippen LogP contribution is -2.52. The Bertz CT molecular complexity index is 1200. The van der Waals surface area contributed by atoms with E-state index in [4.69, 9.17) is 27.9 Å². The first kappa shape index (κ1) is 28.1. The van der Waals surface area contributed by atoms with E-state index in [1.807, 2.05) is 6.07 Å². The average Bonchev–Trinajstić information content (AvgIpc) is 3.34. The topological polar surface area (TPSA) is 96.0 Å². The molecular weight excluding hydrogens is 525 g/mol. The summed E-state index contributed by atoms with van der Waals surface area (Å²) in [5.41, 5.74) is 0.819. The van der Waals surface area contributed by atoms with E-state index in [-0.39, 0.29) is 34.2 Å². The third kappa shape index (κ3) is 7.27. The number of halogens is 2. The predicted octanol–water partition coefficient (Wildman–Crippen LogP) is 4.24. The number of amides is 2. The number of anilines is 1. The Hall–Kier alpha value is -2.49. The number of rotatable bonds is 10.